The largest absolute Gasteiger partial charge is 0.497 e. The summed E-state index contributed by atoms with van der Waals surface area (Å²) in [5.74, 6) is 1.61. The maximum absolute atomic E-state index is 12.2. The van der Waals surface area contributed by atoms with Gasteiger partial charge in [-0.1, -0.05) is 0 Å². The van der Waals surface area contributed by atoms with E-state index in [1.54, 1.807) is 56.7 Å². The van der Waals surface area contributed by atoms with Gasteiger partial charge in [-0.3, -0.25) is 10.1 Å². The zero-order valence-electron chi connectivity index (χ0n) is 14.3. The Balaban J connectivity index is 2.01. The average Bonchev–Trinajstić information content (AvgIpc) is 2.62. The fraction of sp³-hybridized carbons (Fsp3) is 0.222. The van der Waals surface area contributed by atoms with Crippen molar-refractivity contribution in [1.82, 2.24) is 5.32 Å². The number of benzene rings is 2. The second kappa shape index (κ2) is 8.89. The quantitative estimate of drug-likeness (QED) is 0.771. The molecule has 6 nitrogen and oxygen atoms in total. The second-order valence-corrected chi connectivity index (χ2v) is 5.34. The molecule has 0 aliphatic heterocycles. The Morgan fingerprint density at radius 3 is 2.32 bits per heavy atom. The summed E-state index contributed by atoms with van der Waals surface area (Å²) in [5, 5.41) is 5.74. The molecule has 0 heterocycles. The summed E-state index contributed by atoms with van der Waals surface area (Å²) < 4.78 is 15.8. The van der Waals surface area contributed by atoms with Gasteiger partial charge >= 0.3 is 0 Å². The van der Waals surface area contributed by atoms with Crippen molar-refractivity contribution < 1.29 is 19.0 Å². The number of thiocarbonyl (C=S) groups is 1. The molecule has 2 rings (SSSR count). The number of nitrogens with one attached hydrogen (secondary N) is 2. The summed E-state index contributed by atoms with van der Waals surface area (Å²) in [6.07, 6.45) is 0. The highest BCUT2D eigenvalue weighted by atomic mass is 32.1. The van der Waals surface area contributed by atoms with Crippen LogP contribution in [0.2, 0.25) is 0 Å². The zero-order valence-corrected chi connectivity index (χ0v) is 15.1. The number of amides is 1. The van der Waals surface area contributed by atoms with Gasteiger partial charge in [0.2, 0.25) is 0 Å². The fourth-order valence-electron chi connectivity index (χ4n) is 2.10. The molecule has 0 aromatic heterocycles. The molecule has 0 aliphatic rings. The Bertz CT molecular complexity index is 747. The summed E-state index contributed by atoms with van der Waals surface area (Å²) >= 11 is 5.19. The molecule has 0 unspecified atom stereocenters. The predicted octanol–water partition coefficient (Wildman–Crippen LogP) is 3.23. The Morgan fingerprint density at radius 1 is 1.04 bits per heavy atom. The van der Waals surface area contributed by atoms with Crippen LogP contribution in [0.25, 0.3) is 0 Å². The lowest BCUT2D eigenvalue weighted by Gasteiger charge is -2.14. The van der Waals surface area contributed by atoms with Crippen LogP contribution >= 0.6 is 12.2 Å². The molecule has 25 heavy (non-hydrogen) atoms. The minimum atomic E-state index is -0.312. The van der Waals surface area contributed by atoms with Gasteiger partial charge in [-0.05, 0) is 55.5 Å². The molecular formula is C18H20N2O4S. The molecule has 0 radical (unpaired) electrons. The molecule has 0 atom stereocenters. The van der Waals surface area contributed by atoms with Gasteiger partial charge in [-0.15, -0.1) is 0 Å². The number of methoxy groups -OCH3 is 2. The van der Waals surface area contributed by atoms with Gasteiger partial charge in [0.25, 0.3) is 5.91 Å². The standard InChI is InChI=1S/C18H20N2O4S/c1-4-24-13-7-5-12(6-8-13)17(21)20-18(25)19-15-10-9-14(22-2)11-16(15)23-3/h5-11H,4H2,1-3H3,(H2,19,20,21,25). The first-order valence-electron chi connectivity index (χ1n) is 7.64. The van der Waals surface area contributed by atoms with E-state index in [-0.39, 0.29) is 11.0 Å². The van der Waals surface area contributed by atoms with Crippen molar-refractivity contribution >= 4 is 28.9 Å². The third kappa shape index (κ3) is 5.09. The number of hydrogen-bond acceptors (Lipinski definition) is 5. The van der Waals surface area contributed by atoms with Crippen LogP contribution in [0.1, 0.15) is 17.3 Å². The van der Waals surface area contributed by atoms with Gasteiger partial charge in [0.1, 0.15) is 17.2 Å². The van der Waals surface area contributed by atoms with E-state index in [9.17, 15) is 4.79 Å². The number of rotatable bonds is 6. The SMILES string of the molecule is CCOc1ccc(C(=O)NC(=S)Nc2ccc(OC)cc2OC)cc1. The third-order valence-corrected chi connectivity index (χ3v) is 3.52. The normalized spacial score (nSPS) is 9.88. The third-order valence-electron chi connectivity index (χ3n) is 3.31. The Labute approximate surface area is 152 Å². The maximum atomic E-state index is 12.2. The maximum Gasteiger partial charge on any atom is 0.257 e. The zero-order chi connectivity index (χ0) is 18.2. The van der Waals surface area contributed by atoms with Gasteiger partial charge in [0, 0.05) is 11.6 Å². The molecule has 0 bridgehead atoms. The molecule has 0 saturated heterocycles. The average molecular weight is 360 g/mol. The highest BCUT2D eigenvalue weighted by Gasteiger charge is 2.11. The smallest absolute Gasteiger partial charge is 0.257 e. The number of ether oxygens (including phenoxy) is 3. The molecule has 132 valence electrons. The highest BCUT2D eigenvalue weighted by Crippen LogP contribution is 2.28. The first kappa shape index (κ1) is 18.5. The fourth-order valence-corrected chi connectivity index (χ4v) is 2.30. The van der Waals surface area contributed by atoms with E-state index in [1.165, 1.54) is 0 Å². The lowest BCUT2D eigenvalue weighted by Crippen LogP contribution is -2.34. The van der Waals surface area contributed by atoms with Gasteiger partial charge in [-0.2, -0.15) is 0 Å². The summed E-state index contributed by atoms with van der Waals surface area (Å²) in [6.45, 7) is 2.47. The van der Waals surface area contributed by atoms with Crippen LogP contribution in [0.3, 0.4) is 0 Å². The molecule has 2 aromatic carbocycles. The Hall–Kier alpha value is -2.80. The van der Waals surface area contributed by atoms with E-state index >= 15 is 0 Å². The van der Waals surface area contributed by atoms with Crippen molar-refractivity contribution in [2.75, 3.05) is 26.1 Å². The van der Waals surface area contributed by atoms with Gasteiger partial charge in [0.15, 0.2) is 5.11 Å². The number of hydrogen-bond donors (Lipinski definition) is 2. The summed E-state index contributed by atoms with van der Waals surface area (Å²) in [5.41, 5.74) is 1.11. The van der Waals surface area contributed by atoms with E-state index in [4.69, 9.17) is 26.4 Å². The van der Waals surface area contributed by atoms with Crippen LogP contribution in [0.4, 0.5) is 5.69 Å². The minimum absolute atomic E-state index is 0.169. The summed E-state index contributed by atoms with van der Waals surface area (Å²) in [6, 6.07) is 12.1. The molecule has 0 aliphatic carbocycles. The van der Waals surface area contributed by atoms with Crippen molar-refractivity contribution in [3.8, 4) is 17.2 Å². The van der Waals surface area contributed by atoms with Crippen molar-refractivity contribution in [1.29, 1.82) is 0 Å². The van der Waals surface area contributed by atoms with E-state index in [1.807, 2.05) is 6.92 Å². The van der Waals surface area contributed by atoms with Crippen molar-refractivity contribution in [2.24, 2.45) is 0 Å². The first-order valence-corrected chi connectivity index (χ1v) is 8.05. The summed E-state index contributed by atoms with van der Waals surface area (Å²) in [4.78, 5) is 12.2. The van der Waals surface area contributed by atoms with Crippen LogP contribution in [-0.2, 0) is 0 Å². The molecule has 0 saturated carbocycles. The number of carbonyl (C=O) groups is 1. The van der Waals surface area contributed by atoms with Gasteiger partial charge in [0.05, 0.1) is 26.5 Å². The molecule has 2 N–H and O–H groups in total. The second-order valence-electron chi connectivity index (χ2n) is 4.93. The Kier molecular flexibility index (Phi) is 6.59. The minimum Gasteiger partial charge on any atom is -0.497 e. The van der Waals surface area contributed by atoms with E-state index in [0.29, 0.717) is 35.1 Å². The molecular weight excluding hydrogens is 340 g/mol. The van der Waals surface area contributed by atoms with Crippen LogP contribution in [0, 0.1) is 0 Å². The lowest BCUT2D eigenvalue weighted by atomic mass is 10.2. The molecule has 0 fully saturated rings. The first-order chi connectivity index (χ1) is 12.1. The summed E-state index contributed by atoms with van der Waals surface area (Å²) in [7, 11) is 3.12. The van der Waals surface area contributed by atoms with E-state index in [0.717, 1.165) is 0 Å². The highest BCUT2D eigenvalue weighted by molar-refractivity contribution is 7.80. The van der Waals surface area contributed by atoms with Crippen LogP contribution in [-0.4, -0.2) is 31.8 Å². The lowest BCUT2D eigenvalue weighted by molar-refractivity contribution is 0.0977. The molecule has 1 amide bonds. The van der Waals surface area contributed by atoms with Crippen molar-refractivity contribution in [3.05, 3.63) is 48.0 Å². The van der Waals surface area contributed by atoms with Gasteiger partial charge in [-0.25, -0.2) is 0 Å². The van der Waals surface area contributed by atoms with Crippen molar-refractivity contribution in [2.45, 2.75) is 6.92 Å². The van der Waals surface area contributed by atoms with Gasteiger partial charge < -0.3 is 19.5 Å². The number of carbonyl (C=O) groups excluding carboxylic acids is 1. The molecule has 2 aromatic rings. The van der Waals surface area contributed by atoms with Crippen LogP contribution in [0.5, 0.6) is 17.2 Å². The van der Waals surface area contributed by atoms with Crippen LogP contribution < -0.4 is 24.8 Å². The topological polar surface area (TPSA) is 68.8 Å². The number of anilines is 1. The predicted molar refractivity (Wildman–Crippen MR) is 101 cm³/mol. The van der Waals surface area contributed by atoms with Crippen molar-refractivity contribution in [3.63, 3.8) is 0 Å². The molecule has 7 heteroatoms. The van der Waals surface area contributed by atoms with Crippen LogP contribution in [0.15, 0.2) is 42.5 Å². The Morgan fingerprint density at radius 2 is 1.72 bits per heavy atom. The monoisotopic (exact) mass is 360 g/mol. The van der Waals surface area contributed by atoms with E-state index < -0.39 is 0 Å². The molecule has 0 spiro atoms. The van der Waals surface area contributed by atoms with E-state index in [2.05, 4.69) is 10.6 Å².